The van der Waals surface area contributed by atoms with Gasteiger partial charge >= 0.3 is 0 Å². The summed E-state index contributed by atoms with van der Waals surface area (Å²) in [4.78, 5) is 0. The summed E-state index contributed by atoms with van der Waals surface area (Å²) in [5, 5.41) is 3.84. The Hall–Kier alpha value is -0.340. The van der Waals surface area contributed by atoms with Gasteiger partial charge in [-0.2, -0.15) is 0 Å². The monoisotopic (exact) mass is 337 g/mol. The molecule has 0 heterocycles. The van der Waals surface area contributed by atoms with Crippen LogP contribution < -0.4 is 5.32 Å². The van der Waals surface area contributed by atoms with Gasteiger partial charge in [-0.3, -0.25) is 0 Å². The van der Waals surface area contributed by atoms with E-state index < -0.39 is 0 Å². The Morgan fingerprint density at radius 2 is 1.70 bits per heavy atom. The van der Waals surface area contributed by atoms with Gasteiger partial charge < -0.3 is 5.32 Å². The average molecular weight is 338 g/mol. The molecule has 1 aromatic carbocycles. The van der Waals surface area contributed by atoms with Crippen molar-refractivity contribution < 1.29 is 0 Å². The number of rotatable bonds is 4. The highest BCUT2D eigenvalue weighted by Crippen LogP contribution is 2.29. The first kappa shape index (κ1) is 16.0. The van der Waals surface area contributed by atoms with Gasteiger partial charge in [-0.25, -0.2) is 0 Å². The molecule has 0 spiro atoms. The van der Waals surface area contributed by atoms with E-state index in [4.69, 9.17) is 0 Å². The SMILES string of the molecule is CC(NC1CCCC(C(C)C)CC1)c1ccc(Br)cc1. The number of hydrogen-bond donors (Lipinski definition) is 1. The zero-order valence-corrected chi connectivity index (χ0v) is 14.6. The molecule has 1 saturated carbocycles. The zero-order chi connectivity index (χ0) is 14.5. The minimum atomic E-state index is 0.448. The smallest absolute Gasteiger partial charge is 0.0294 e. The van der Waals surface area contributed by atoms with Crippen LogP contribution in [0.15, 0.2) is 28.7 Å². The van der Waals surface area contributed by atoms with Crippen molar-refractivity contribution >= 4 is 15.9 Å². The van der Waals surface area contributed by atoms with Crippen molar-refractivity contribution in [2.75, 3.05) is 0 Å². The first-order valence-electron chi connectivity index (χ1n) is 8.07. The Morgan fingerprint density at radius 1 is 1.00 bits per heavy atom. The van der Waals surface area contributed by atoms with Gasteiger partial charge in [0.2, 0.25) is 0 Å². The third-order valence-corrected chi connectivity index (χ3v) is 5.34. The molecule has 2 heteroatoms. The van der Waals surface area contributed by atoms with Crippen LogP contribution in [0.25, 0.3) is 0 Å². The van der Waals surface area contributed by atoms with E-state index in [2.05, 4.69) is 66.3 Å². The van der Waals surface area contributed by atoms with Crippen molar-refractivity contribution in [3.05, 3.63) is 34.3 Å². The number of nitrogens with one attached hydrogen (secondary N) is 1. The minimum absolute atomic E-state index is 0.448. The summed E-state index contributed by atoms with van der Waals surface area (Å²) in [6.45, 7) is 7.04. The second-order valence-electron chi connectivity index (χ2n) is 6.65. The lowest BCUT2D eigenvalue weighted by atomic mass is 9.89. The lowest BCUT2D eigenvalue weighted by Crippen LogP contribution is -2.31. The summed E-state index contributed by atoms with van der Waals surface area (Å²) < 4.78 is 1.16. The Balaban J connectivity index is 1.88. The maximum Gasteiger partial charge on any atom is 0.0294 e. The highest BCUT2D eigenvalue weighted by molar-refractivity contribution is 9.10. The van der Waals surface area contributed by atoms with Crippen LogP contribution in [0.1, 0.15) is 64.5 Å². The summed E-state index contributed by atoms with van der Waals surface area (Å²) in [6.07, 6.45) is 6.87. The molecule has 1 nitrogen and oxygen atoms in total. The van der Waals surface area contributed by atoms with Crippen LogP contribution in [0.5, 0.6) is 0 Å². The molecule has 3 atom stereocenters. The Kier molecular flexibility index (Phi) is 6.10. The van der Waals surface area contributed by atoms with Crippen LogP contribution in [0.2, 0.25) is 0 Å². The highest BCUT2D eigenvalue weighted by atomic mass is 79.9. The number of hydrogen-bond acceptors (Lipinski definition) is 1. The largest absolute Gasteiger partial charge is 0.307 e. The summed E-state index contributed by atoms with van der Waals surface area (Å²) in [5.74, 6) is 1.78. The molecule has 0 aliphatic heterocycles. The van der Waals surface area contributed by atoms with E-state index in [0.29, 0.717) is 12.1 Å². The van der Waals surface area contributed by atoms with E-state index in [9.17, 15) is 0 Å². The molecule has 0 bridgehead atoms. The molecular weight excluding hydrogens is 310 g/mol. The fraction of sp³-hybridized carbons (Fsp3) is 0.667. The van der Waals surface area contributed by atoms with Gasteiger partial charge in [0, 0.05) is 16.6 Å². The molecule has 0 saturated heterocycles. The molecule has 112 valence electrons. The molecule has 20 heavy (non-hydrogen) atoms. The van der Waals surface area contributed by atoms with E-state index >= 15 is 0 Å². The van der Waals surface area contributed by atoms with Gasteiger partial charge in [-0.15, -0.1) is 0 Å². The molecule has 0 aromatic heterocycles. The lowest BCUT2D eigenvalue weighted by Gasteiger charge is -2.23. The van der Waals surface area contributed by atoms with Crippen molar-refractivity contribution in [1.29, 1.82) is 0 Å². The Morgan fingerprint density at radius 3 is 2.35 bits per heavy atom. The minimum Gasteiger partial charge on any atom is -0.307 e. The topological polar surface area (TPSA) is 12.0 Å². The van der Waals surface area contributed by atoms with Crippen molar-refractivity contribution in [3.8, 4) is 0 Å². The fourth-order valence-corrected chi connectivity index (χ4v) is 3.63. The van der Waals surface area contributed by atoms with Gasteiger partial charge in [0.15, 0.2) is 0 Å². The Bertz CT molecular complexity index is 398. The molecule has 1 aromatic rings. The van der Waals surface area contributed by atoms with Gasteiger partial charge in [-0.1, -0.05) is 54.8 Å². The summed E-state index contributed by atoms with van der Waals surface area (Å²) in [5.41, 5.74) is 1.39. The predicted molar refractivity (Wildman–Crippen MR) is 90.9 cm³/mol. The van der Waals surface area contributed by atoms with Crippen molar-refractivity contribution in [2.24, 2.45) is 11.8 Å². The molecule has 0 amide bonds. The molecule has 1 N–H and O–H groups in total. The molecule has 0 radical (unpaired) electrons. The van der Waals surface area contributed by atoms with Crippen LogP contribution in [0.4, 0.5) is 0 Å². The van der Waals surface area contributed by atoms with Crippen LogP contribution in [0, 0.1) is 11.8 Å². The van der Waals surface area contributed by atoms with Crippen LogP contribution in [-0.4, -0.2) is 6.04 Å². The van der Waals surface area contributed by atoms with Gasteiger partial charge in [0.1, 0.15) is 0 Å². The third kappa shape index (κ3) is 4.60. The van der Waals surface area contributed by atoms with E-state index in [1.54, 1.807) is 0 Å². The van der Waals surface area contributed by atoms with Crippen LogP contribution >= 0.6 is 15.9 Å². The van der Waals surface area contributed by atoms with Crippen molar-refractivity contribution in [1.82, 2.24) is 5.32 Å². The first-order valence-corrected chi connectivity index (χ1v) is 8.87. The maximum absolute atomic E-state index is 3.84. The van der Waals surface area contributed by atoms with Crippen molar-refractivity contribution in [2.45, 2.75) is 65.0 Å². The summed E-state index contributed by atoms with van der Waals surface area (Å²) in [6, 6.07) is 9.84. The lowest BCUT2D eigenvalue weighted by molar-refractivity contribution is 0.335. The molecule has 1 aliphatic rings. The predicted octanol–water partition coefficient (Wildman–Crippen LogP) is 5.70. The van der Waals surface area contributed by atoms with Gasteiger partial charge in [0.05, 0.1) is 0 Å². The average Bonchev–Trinajstić information content (AvgIpc) is 2.65. The van der Waals surface area contributed by atoms with E-state index in [1.165, 1.54) is 37.7 Å². The van der Waals surface area contributed by atoms with Gasteiger partial charge in [-0.05, 0) is 55.7 Å². The van der Waals surface area contributed by atoms with Crippen LogP contribution in [0.3, 0.4) is 0 Å². The zero-order valence-electron chi connectivity index (χ0n) is 13.0. The van der Waals surface area contributed by atoms with E-state index in [-0.39, 0.29) is 0 Å². The summed E-state index contributed by atoms with van der Waals surface area (Å²) >= 11 is 3.50. The molecule has 2 rings (SSSR count). The second kappa shape index (κ2) is 7.61. The maximum atomic E-state index is 3.84. The quantitative estimate of drug-likeness (QED) is 0.694. The second-order valence-corrected chi connectivity index (χ2v) is 7.56. The fourth-order valence-electron chi connectivity index (χ4n) is 3.36. The van der Waals surface area contributed by atoms with E-state index in [0.717, 1.165) is 16.3 Å². The third-order valence-electron chi connectivity index (χ3n) is 4.81. The molecule has 1 aliphatic carbocycles. The highest BCUT2D eigenvalue weighted by Gasteiger charge is 2.22. The molecule has 1 fully saturated rings. The number of benzene rings is 1. The normalized spacial score (nSPS) is 25.4. The van der Waals surface area contributed by atoms with Gasteiger partial charge in [0.25, 0.3) is 0 Å². The van der Waals surface area contributed by atoms with Crippen molar-refractivity contribution in [3.63, 3.8) is 0 Å². The van der Waals surface area contributed by atoms with Crippen LogP contribution in [-0.2, 0) is 0 Å². The standard InChI is InChI=1S/C18H28BrN/c1-13(2)15-5-4-6-18(12-9-15)20-14(3)16-7-10-17(19)11-8-16/h7-8,10-11,13-15,18,20H,4-6,9,12H2,1-3H3. The van der Waals surface area contributed by atoms with E-state index in [1.807, 2.05) is 0 Å². The number of halogens is 1. The molecule has 3 unspecified atom stereocenters. The Labute approximate surface area is 132 Å². The molecular formula is C18H28BrN. The summed E-state index contributed by atoms with van der Waals surface area (Å²) in [7, 11) is 0. The first-order chi connectivity index (χ1) is 9.56.